The van der Waals surface area contributed by atoms with Gasteiger partial charge in [0.05, 0.1) is 18.7 Å². The zero-order valence-corrected chi connectivity index (χ0v) is 13.5. The highest BCUT2D eigenvalue weighted by Gasteiger charge is 2.29. The van der Waals surface area contributed by atoms with Crippen LogP contribution in [0.25, 0.3) is 0 Å². The van der Waals surface area contributed by atoms with Crippen LogP contribution in [-0.4, -0.2) is 45.1 Å². The maximum absolute atomic E-state index is 12.5. The lowest BCUT2D eigenvalue weighted by Gasteiger charge is -2.17. The van der Waals surface area contributed by atoms with E-state index in [9.17, 15) is 4.79 Å². The number of rotatable bonds is 4. The lowest BCUT2D eigenvalue weighted by Crippen LogP contribution is -2.32. The van der Waals surface area contributed by atoms with Gasteiger partial charge in [-0.25, -0.2) is 9.97 Å². The van der Waals surface area contributed by atoms with Crippen molar-refractivity contribution in [3.8, 4) is 11.9 Å². The van der Waals surface area contributed by atoms with Gasteiger partial charge in [0.2, 0.25) is 11.6 Å². The molecule has 8 nitrogen and oxygen atoms in total. The van der Waals surface area contributed by atoms with Crippen LogP contribution in [0.2, 0.25) is 0 Å². The topological polar surface area (TPSA) is 105 Å². The summed E-state index contributed by atoms with van der Waals surface area (Å²) in [6.07, 6.45) is 3.69. The molecule has 3 heterocycles. The molecule has 1 aliphatic rings. The van der Waals surface area contributed by atoms with Crippen molar-refractivity contribution in [3.05, 3.63) is 35.1 Å². The van der Waals surface area contributed by atoms with Gasteiger partial charge in [-0.05, 0) is 13.8 Å². The summed E-state index contributed by atoms with van der Waals surface area (Å²) in [6, 6.07) is 1.95. The monoisotopic (exact) mass is 327 g/mol. The van der Waals surface area contributed by atoms with E-state index in [1.807, 2.05) is 13.0 Å². The molecule has 0 bridgehead atoms. The number of nitriles is 1. The zero-order chi connectivity index (χ0) is 17.1. The van der Waals surface area contributed by atoms with E-state index in [4.69, 9.17) is 14.5 Å². The Morgan fingerprint density at radius 3 is 2.96 bits per heavy atom. The summed E-state index contributed by atoms with van der Waals surface area (Å²) in [5.41, 5.74) is 1.73. The van der Waals surface area contributed by atoms with E-state index in [-0.39, 0.29) is 30.0 Å². The van der Waals surface area contributed by atoms with Gasteiger partial charge in [0.1, 0.15) is 17.9 Å². The number of hydrogen-bond acceptors (Lipinski definition) is 7. The predicted octanol–water partition coefficient (Wildman–Crippen LogP) is 1.18. The standard InChI is InChI=1S/C16H17N5O3/c1-10-13(11(2)24-20-10)7-15(22)21-6-3-12(9-21)23-16-14(8-17)18-4-5-19-16/h4-5,12H,3,6-7,9H2,1-2H3/t12-/m0/s1. The second-order valence-corrected chi connectivity index (χ2v) is 5.67. The van der Waals surface area contributed by atoms with Crippen molar-refractivity contribution in [2.75, 3.05) is 13.1 Å². The Morgan fingerprint density at radius 2 is 2.25 bits per heavy atom. The molecule has 124 valence electrons. The number of aromatic nitrogens is 3. The normalized spacial score (nSPS) is 16.9. The van der Waals surface area contributed by atoms with E-state index in [1.54, 1.807) is 11.8 Å². The molecule has 1 atom stereocenters. The summed E-state index contributed by atoms with van der Waals surface area (Å²) < 4.78 is 10.8. The van der Waals surface area contributed by atoms with Crippen LogP contribution in [0, 0.1) is 25.2 Å². The first kappa shape index (κ1) is 15.9. The fourth-order valence-corrected chi connectivity index (χ4v) is 2.71. The molecule has 2 aromatic heterocycles. The molecule has 1 aliphatic heterocycles. The number of amides is 1. The molecule has 0 saturated carbocycles. The Bertz CT molecular complexity index is 776. The van der Waals surface area contributed by atoms with Crippen LogP contribution in [0.3, 0.4) is 0 Å². The lowest BCUT2D eigenvalue weighted by molar-refractivity contribution is -0.129. The van der Waals surface area contributed by atoms with Crippen LogP contribution in [0.15, 0.2) is 16.9 Å². The van der Waals surface area contributed by atoms with Crippen molar-refractivity contribution < 1.29 is 14.1 Å². The maximum Gasteiger partial charge on any atom is 0.251 e. The molecule has 1 amide bonds. The Labute approximate surface area is 139 Å². The van der Waals surface area contributed by atoms with Gasteiger partial charge in [-0.15, -0.1) is 0 Å². The van der Waals surface area contributed by atoms with E-state index in [0.29, 0.717) is 25.3 Å². The first-order valence-electron chi connectivity index (χ1n) is 7.65. The molecule has 2 aromatic rings. The molecule has 0 aromatic carbocycles. The number of carbonyl (C=O) groups excluding carboxylic acids is 1. The van der Waals surface area contributed by atoms with E-state index < -0.39 is 0 Å². The van der Waals surface area contributed by atoms with Gasteiger partial charge in [0.25, 0.3) is 5.88 Å². The molecular formula is C16H17N5O3. The van der Waals surface area contributed by atoms with E-state index >= 15 is 0 Å². The van der Waals surface area contributed by atoms with Crippen molar-refractivity contribution in [1.29, 1.82) is 5.26 Å². The molecule has 1 saturated heterocycles. The summed E-state index contributed by atoms with van der Waals surface area (Å²) >= 11 is 0. The smallest absolute Gasteiger partial charge is 0.251 e. The average Bonchev–Trinajstić information content (AvgIpc) is 3.17. The molecule has 0 radical (unpaired) electrons. The summed E-state index contributed by atoms with van der Waals surface area (Å²) in [5.74, 6) is 0.895. The van der Waals surface area contributed by atoms with Crippen LogP contribution in [0.4, 0.5) is 0 Å². The van der Waals surface area contributed by atoms with Gasteiger partial charge >= 0.3 is 0 Å². The first-order valence-corrected chi connectivity index (χ1v) is 7.65. The zero-order valence-electron chi connectivity index (χ0n) is 13.5. The molecule has 0 spiro atoms. The van der Waals surface area contributed by atoms with Crippen LogP contribution in [0.5, 0.6) is 5.88 Å². The number of ether oxygens (including phenoxy) is 1. The van der Waals surface area contributed by atoms with E-state index in [2.05, 4.69) is 15.1 Å². The maximum atomic E-state index is 12.5. The van der Waals surface area contributed by atoms with E-state index in [1.165, 1.54) is 12.4 Å². The number of hydrogen-bond donors (Lipinski definition) is 0. The Hall–Kier alpha value is -2.95. The van der Waals surface area contributed by atoms with Crippen LogP contribution in [0.1, 0.15) is 29.1 Å². The van der Waals surface area contributed by atoms with Crippen molar-refractivity contribution in [2.45, 2.75) is 32.8 Å². The highest BCUT2D eigenvalue weighted by atomic mass is 16.5. The van der Waals surface area contributed by atoms with Crippen molar-refractivity contribution in [1.82, 2.24) is 20.0 Å². The molecule has 0 unspecified atom stereocenters. The third kappa shape index (κ3) is 3.20. The van der Waals surface area contributed by atoms with Crippen LogP contribution in [-0.2, 0) is 11.2 Å². The quantitative estimate of drug-likeness (QED) is 0.830. The van der Waals surface area contributed by atoms with Gasteiger partial charge in [-0.3, -0.25) is 4.79 Å². The summed E-state index contributed by atoms with van der Waals surface area (Å²) in [4.78, 5) is 22.2. The SMILES string of the molecule is Cc1noc(C)c1CC(=O)N1CC[C@H](Oc2nccnc2C#N)C1. The Morgan fingerprint density at radius 1 is 1.46 bits per heavy atom. The molecule has 24 heavy (non-hydrogen) atoms. The molecule has 3 rings (SSSR count). The molecule has 1 fully saturated rings. The average molecular weight is 327 g/mol. The van der Waals surface area contributed by atoms with Crippen molar-refractivity contribution >= 4 is 5.91 Å². The van der Waals surface area contributed by atoms with Crippen LogP contribution < -0.4 is 4.74 Å². The minimum absolute atomic E-state index is 0.00940. The minimum atomic E-state index is -0.192. The first-order chi connectivity index (χ1) is 11.6. The highest BCUT2D eigenvalue weighted by molar-refractivity contribution is 5.79. The number of carbonyl (C=O) groups is 1. The second-order valence-electron chi connectivity index (χ2n) is 5.67. The number of likely N-dealkylation sites (tertiary alicyclic amines) is 1. The van der Waals surface area contributed by atoms with Gasteiger partial charge in [0, 0.05) is 30.9 Å². The fourth-order valence-electron chi connectivity index (χ4n) is 2.71. The molecular weight excluding hydrogens is 310 g/mol. The fraction of sp³-hybridized carbons (Fsp3) is 0.438. The van der Waals surface area contributed by atoms with Crippen molar-refractivity contribution in [2.24, 2.45) is 0 Å². The second kappa shape index (κ2) is 6.66. The van der Waals surface area contributed by atoms with Gasteiger partial charge in [0.15, 0.2) is 0 Å². The van der Waals surface area contributed by atoms with Gasteiger partial charge in [-0.2, -0.15) is 5.26 Å². The lowest BCUT2D eigenvalue weighted by atomic mass is 10.1. The predicted molar refractivity (Wildman–Crippen MR) is 82.0 cm³/mol. The summed E-state index contributed by atoms with van der Waals surface area (Å²) in [7, 11) is 0. The number of nitrogens with zero attached hydrogens (tertiary/aromatic N) is 5. The minimum Gasteiger partial charge on any atom is -0.470 e. The third-order valence-corrected chi connectivity index (χ3v) is 4.06. The van der Waals surface area contributed by atoms with Crippen LogP contribution >= 0.6 is 0 Å². The highest BCUT2D eigenvalue weighted by Crippen LogP contribution is 2.20. The van der Waals surface area contributed by atoms with Gasteiger partial charge in [-0.1, -0.05) is 5.16 Å². The molecule has 8 heteroatoms. The Balaban J connectivity index is 1.61. The molecule has 0 N–H and O–H groups in total. The Kier molecular flexibility index (Phi) is 4.42. The number of aryl methyl sites for hydroxylation is 2. The van der Waals surface area contributed by atoms with E-state index in [0.717, 1.165) is 11.3 Å². The summed E-state index contributed by atoms with van der Waals surface area (Å²) in [5, 5.41) is 12.9. The third-order valence-electron chi connectivity index (χ3n) is 4.06. The van der Waals surface area contributed by atoms with Crippen molar-refractivity contribution in [3.63, 3.8) is 0 Å². The molecule has 0 aliphatic carbocycles. The largest absolute Gasteiger partial charge is 0.470 e. The van der Waals surface area contributed by atoms with Gasteiger partial charge < -0.3 is 14.2 Å². The summed E-state index contributed by atoms with van der Waals surface area (Å²) in [6.45, 7) is 4.70.